The number of aromatic nitrogens is 1. The van der Waals surface area contributed by atoms with E-state index in [0.717, 1.165) is 18.5 Å². The van der Waals surface area contributed by atoms with Gasteiger partial charge in [-0.3, -0.25) is 0 Å². The molecule has 0 aliphatic rings. The summed E-state index contributed by atoms with van der Waals surface area (Å²) in [4.78, 5) is 0.258. The van der Waals surface area contributed by atoms with Crippen LogP contribution in [0.5, 0.6) is 0 Å². The highest BCUT2D eigenvalue weighted by molar-refractivity contribution is 7.89. The number of nitrogens with zero attached hydrogens (tertiary/aromatic N) is 1. The molecule has 0 aromatic carbocycles. The molecule has 0 spiro atoms. The van der Waals surface area contributed by atoms with Gasteiger partial charge in [0.15, 0.2) is 0 Å². The zero-order valence-corrected chi connectivity index (χ0v) is 14.1. The molecule has 1 heterocycles. The van der Waals surface area contributed by atoms with Gasteiger partial charge in [-0.15, -0.1) is 0 Å². The maximum absolute atomic E-state index is 12.5. The Morgan fingerprint density at radius 1 is 1.43 bits per heavy atom. The largest absolute Gasteiger partial charge is 0.383 e. The summed E-state index contributed by atoms with van der Waals surface area (Å²) in [5.74, 6) is 0. The highest BCUT2D eigenvalue weighted by Gasteiger charge is 2.22. The maximum Gasteiger partial charge on any atom is 0.242 e. The van der Waals surface area contributed by atoms with Gasteiger partial charge in [-0.05, 0) is 26.3 Å². The molecule has 1 unspecified atom stereocenters. The van der Waals surface area contributed by atoms with Crippen LogP contribution in [0.25, 0.3) is 0 Å². The smallest absolute Gasteiger partial charge is 0.242 e. The fraction of sp³-hybridized carbons (Fsp3) is 0.714. The van der Waals surface area contributed by atoms with Crippen molar-refractivity contribution in [2.75, 3.05) is 13.7 Å². The molecule has 1 aromatic rings. The van der Waals surface area contributed by atoms with Gasteiger partial charge in [0.25, 0.3) is 0 Å². The maximum atomic E-state index is 12.5. The molecule has 1 aromatic heterocycles. The molecule has 0 saturated carbocycles. The van der Waals surface area contributed by atoms with E-state index in [-0.39, 0.29) is 17.0 Å². The lowest BCUT2D eigenvalue weighted by molar-refractivity contribution is 0.171. The lowest BCUT2D eigenvalue weighted by Gasteiger charge is -2.16. The molecule has 21 heavy (non-hydrogen) atoms. The minimum absolute atomic E-state index is 0.165. The third-order valence-corrected chi connectivity index (χ3v) is 4.80. The number of nitrogens with one attached hydrogen (secondary N) is 1. The molecule has 0 aliphatic carbocycles. The molecule has 0 aliphatic heterocycles. The summed E-state index contributed by atoms with van der Waals surface area (Å²) in [5.41, 5.74) is 6.50. The molecule has 6 nitrogen and oxygen atoms in total. The van der Waals surface area contributed by atoms with E-state index in [9.17, 15) is 8.42 Å². The summed E-state index contributed by atoms with van der Waals surface area (Å²) >= 11 is 0. The van der Waals surface area contributed by atoms with Crippen molar-refractivity contribution in [2.24, 2.45) is 5.73 Å². The van der Waals surface area contributed by atoms with Crippen LogP contribution in [0.15, 0.2) is 17.2 Å². The first-order valence-corrected chi connectivity index (χ1v) is 8.76. The Balaban J connectivity index is 3.01. The fourth-order valence-electron chi connectivity index (χ4n) is 2.30. The van der Waals surface area contributed by atoms with Crippen molar-refractivity contribution in [1.82, 2.24) is 9.29 Å². The van der Waals surface area contributed by atoms with Gasteiger partial charge in [-0.1, -0.05) is 13.3 Å². The Morgan fingerprint density at radius 3 is 2.52 bits per heavy atom. The molecule has 0 saturated heterocycles. The van der Waals surface area contributed by atoms with Gasteiger partial charge < -0.3 is 15.0 Å². The molecule has 0 bridgehead atoms. The van der Waals surface area contributed by atoms with Crippen LogP contribution in [0.1, 0.15) is 45.3 Å². The summed E-state index contributed by atoms with van der Waals surface area (Å²) in [6.45, 7) is 6.67. The average molecular weight is 317 g/mol. The average Bonchev–Trinajstić information content (AvgIpc) is 2.84. The van der Waals surface area contributed by atoms with Gasteiger partial charge >= 0.3 is 0 Å². The zero-order valence-electron chi connectivity index (χ0n) is 13.3. The highest BCUT2D eigenvalue weighted by Crippen LogP contribution is 2.19. The fourth-order valence-corrected chi connectivity index (χ4v) is 3.61. The topological polar surface area (TPSA) is 86.3 Å². The third-order valence-electron chi connectivity index (χ3n) is 3.31. The SMILES string of the molecule is CCCC(COC)NS(=O)(=O)c1cc(CN)n(C(C)C)c1. The second-order valence-electron chi connectivity index (χ2n) is 5.43. The van der Waals surface area contributed by atoms with Crippen LogP contribution in [-0.4, -0.2) is 32.7 Å². The third kappa shape index (κ3) is 4.81. The van der Waals surface area contributed by atoms with E-state index in [1.165, 1.54) is 0 Å². The van der Waals surface area contributed by atoms with Crippen LogP contribution >= 0.6 is 0 Å². The van der Waals surface area contributed by atoms with Crippen LogP contribution in [0.4, 0.5) is 0 Å². The lowest BCUT2D eigenvalue weighted by Crippen LogP contribution is -2.37. The lowest BCUT2D eigenvalue weighted by atomic mass is 10.2. The van der Waals surface area contributed by atoms with Crippen molar-refractivity contribution in [3.63, 3.8) is 0 Å². The second kappa shape index (κ2) is 7.93. The van der Waals surface area contributed by atoms with Gasteiger partial charge in [-0.2, -0.15) is 0 Å². The molecule has 0 fully saturated rings. The number of methoxy groups -OCH3 is 1. The highest BCUT2D eigenvalue weighted by atomic mass is 32.2. The first-order valence-electron chi connectivity index (χ1n) is 7.27. The first-order chi connectivity index (χ1) is 9.85. The molecule has 3 N–H and O–H groups in total. The predicted octanol–water partition coefficient (Wildman–Crippen LogP) is 1.62. The van der Waals surface area contributed by atoms with Gasteiger partial charge in [0, 0.05) is 37.6 Å². The number of nitrogens with two attached hydrogens (primary N) is 1. The summed E-state index contributed by atoms with van der Waals surface area (Å²) < 4.78 is 34.6. The summed E-state index contributed by atoms with van der Waals surface area (Å²) in [5, 5.41) is 0. The van der Waals surface area contributed by atoms with Crippen LogP contribution in [0, 0.1) is 0 Å². The molecular weight excluding hydrogens is 290 g/mol. The van der Waals surface area contributed by atoms with Crippen LogP contribution < -0.4 is 10.5 Å². The van der Waals surface area contributed by atoms with E-state index >= 15 is 0 Å². The van der Waals surface area contributed by atoms with Gasteiger partial charge in [0.05, 0.1) is 11.5 Å². The zero-order chi connectivity index (χ0) is 16.0. The van der Waals surface area contributed by atoms with Crippen LogP contribution in [0.2, 0.25) is 0 Å². The number of sulfonamides is 1. The quantitative estimate of drug-likeness (QED) is 0.724. The Bertz CT molecular complexity index is 532. The molecule has 1 rings (SSSR count). The molecule has 0 amide bonds. The van der Waals surface area contributed by atoms with Crippen molar-refractivity contribution in [3.05, 3.63) is 18.0 Å². The van der Waals surface area contributed by atoms with Gasteiger partial charge in [0.2, 0.25) is 10.0 Å². The summed E-state index contributed by atoms with van der Waals surface area (Å²) in [7, 11) is -1.99. The van der Waals surface area contributed by atoms with E-state index in [1.807, 2.05) is 25.3 Å². The van der Waals surface area contributed by atoms with E-state index in [1.54, 1.807) is 19.4 Å². The minimum Gasteiger partial charge on any atom is -0.383 e. The number of rotatable bonds is 9. The summed E-state index contributed by atoms with van der Waals surface area (Å²) in [6, 6.07) is 1.59. The normalized spacial score (nSPS) is 13.8. The second-order valence-corrected chi connectivity index (χ2v) is 7.15. The van der Waals surface area contributed by atoms with E-state index in [4.69, 9.17) is 10.5 Å². The molecule has 7 heteroatoms. The van der Waals surface area contributed by atoms with Crippen molar-refractivity contribution in [3.8, 4) is 0 Å². The van der Waals surface area contributed by atoms with E-state index < -0.39 is 10.0 Å². The Kier molecular flexibility index (Phi) is 6.86. The van der Waals surface area contributed by atoms with Crippen molar-refractivity contribution >= 4 is 10.0 Å². The van der Waals surface area contributed by atoms with Crippen molar-refractivity contribution in [1.29, 1.82) is 0 Å². The Morgan fingerprint density at radius 2 is 2.10 bits per heavy atom. The van der Waals surface area contributed by atoms with E-state index in [2.05, 4.69) is 4.72 Å². The van der Waals surface area contributed by atoms with Gasteiger partial charge in [0.1, 0.15) is 0 Å². The minimum atomic E-state index is -3.56. The summed E-state index contributed by atoms with van der Waals surface area (Å²) in [6.07, 6.45) is 3.27. The molecule has 1 atom stereocenters. The van der Waals surface area contributed by atoms with Crippen LogP contribution in [0.3, 0.4) is 0 Å². The Hall–Kier alpha value is -0.890. The monoisotopic (exact) mass is 317 g/mol. The molecule has 122 valence electrons. The van der Waals surface area contributed by atoms with Gasteiger partial charge in [-0.25, -0.2) is 13.1 Å². The Labute approximate surface area is 127 Å². The number of hydrogen-bond acceptors (Lipinski definition) is 4. The van der Waals surface area contributed by atoms with Crippen LogP contribution in [-0.2, 0) is 21.3 Å². The number of hydrogen-bond donors (Lipinski definition) is 2. The standard InChI is InChI=1S/C14H27N3O3S/c1-5-6-12(10-20-4)16-21(18,19)14-7-13(8-15)17(9-14)11(2)3/h7,9,11-12,16H,5-6,8,10,15H2,1-4H3. The first kappa shape index (κ1) is 18.2. The number of ether oxygens (including phenoxy) is 1. The molecular formula is C14H27N3O3S. The van der Waals surface area contributed by atoms with Crippen molar-refractivity contribution in [2.45, 2.75) is 57.1 Å². The van der Waals surface area contributed by atoms with E-state index in [0.29, 0.717) is 13.2 Å². The van der Waals surface area contributed by atoms with Crippen molar-refractivity contribution < 1.29 is 13.2 Å². The molecule has 0 radical (unpaired) electrons. The predicted molar refractivity (Wildman–Crippen MR) is 83.6 cm³/mol.